The Balaban J connectivity index is 1.84. The van der Waals surface area contributed by atoms with Crippen LogP contribution < -0.4 is 5.32 Å². The van der Waals surface area contributed by atoms with E-state index < -0.39 is 0 Å². The number of aryl methyl sites for hydroxylation is 2. The summed E-state index contributed by atoms with van der Waals surface area (Å²) in [5.74, 6) is 0.324. The van der Waals surface area contributed by atoms with Gasteiger partial charge in [0.05, 0.1) is 28.3 Å². The molecule has 124 valence electrons. The van der Waals surface area contributed by atoms with Gasteiger partial charge in [0.1, 0.15) is 0 Å². The molecule has 24 heavy (non-hydrogen) atoms. The molecule has 1 amide bonds. The first-order valence-corrected chi connectivity index (χ1v) is 8.92. The molecule has 1 aromatic carbocycles. The summed E-state index contributed by atoms with van der Waals surface area (Å²) in [5, 5.41) is 6.98. The second kappa shape index (κ2) is 6.69. The van der Waals surface area contributed by atoms with Crippen LogP contribution in [0.5, 0.6) is 0 Å². The first kappa shape index (κ1) is 16.6. The van der Waals surface area contributed by atoms with Crippen molar-refractivity contribution in [1.29, 1.82) is 0 Å². The Morgan fingerprint density at radius 2 is 2.00 bits per heavy atom. The van der Waals surface area contributed by atoms with Crippen LogP contribution >= 0.6 is 11.3 Å². The summed E-state index contributed by atoms with van der Waals surface area (Å²) in [4.78, 5) is 21.7. The van der Waals surface area contributed by atoms with Gasteiger partial charge in [-0.2, -0.15) is 0 Å². The molecule has 0 aliphatic heterocycles. The zero-order valence-corrected chi connectivity index (χ0v) is 15.2. The molecular formula is C19H21N3OS. The average molecular weight is 339 g/mol. The number of amides is 1. The highest BCUT2D eigenvalue weighted by molar-refractivity contribution is 7.09. The molecule has 2 aromatic heterocycles. The van der Waals surface area contributed by atoms with E-state index in [1.165, 1.54) is 0 Å². The number of aromatic nitrogens is 2. The van der Waals surface area contributed by atoms with Crippen molar-refractivity contribution in [3.05, 3.63) is 57.2 Å². The van der Waals surface area contributed by atoms with Crippen molar-refractivity contribution >= 4 is 28.1 Å². The molecule has 0 unspecified atom stereocenters. The van der Waals surface area contributed by atoms with Gasteiger partial charge < -0.3 is 5.32 Å². The molecule has 5 heteroatoms. The Kier molecular flexibility index (Phi) is 4.62. The number of fused-ring (bicyclic) bond motifs is 1. The Hall–Kier alpha value is -2.27. The third-order valence-corrected chi connectivity index (χ3v) is 5.02. The fraction of sp³-hybridized carbons (Fsp3) is 0.316. The number of pyridine rings is 1. The summed E-state index contributed by atoms with van der Waals surface area (Å²) in [6, 6.07) is 7.83. The first-order chi connectivity index (χ1) is 11.4. The Labute approximate surface area is 146 Å². The van der Waals surface area contributed by atoms with E-state index in [1.54, 1.807) is 11.3 Å². The number of nitrogens with zero attached hydrogens (tertiary/aromatic N) is 2. The van der Waals surface area contributed by atoms with Crippen LogP contribution in [0, 0.1) is 13.8 Å². The number of hydrogen-bond donors (Lipinski definition) is 1. The largest absolute Gasteiger partial charge is 0.346 e. The summed E-state index contributed by atoms with van der Waals surface area (Å²) in [5.41, 5.74) is 4.38. The molecule has 0 atom stereocenters. The van der Waals surface area contributed by atoms with Crippen LogP contribution in [0.1, 0.15) is 52.1 Å². The normalized spacial score (nSPS) is 11.2. The van der Waals surface area contributed by atoms with Crippen LogP contribution in [0.4, 0.5) is 0 Å². The summed E-state index contributed by atoms with van der Waals surface area (Å²) in [6.45, 7) is 8.61. The van der Waals surface area contributed by atoms with Gasteiger partial charge in [-0.05, 0) is 32.0 Å². The van der Waals surface area contributed by atoms with Gasteiger partial charge in [-0.25, -0.2) is 4.98 Å². The van der Waals surface area contributed by atoms with Crippen molar-refractivity contribution < 1.29 is 4.79 Å². The highest BCUT2D eigenvalue weighted by Crippen LogP contribution is 2.21. The van der Waals surface area contributed by atoms with Crippen molar-refractivity contribution in [1.82, 2.24) is 15.3 Å². The number of nitrogens with one attached hydrogen (secondary N) is 1. The molecule has 0 saturated heterocycles. The monoisotopic (exact) mass is 339 g/mol. The minimum absolute atomic E-state index is 0.0878. The smallest absolute Gasteiger partial charge is 0.252 e. The standard InChI is InChI=1S/C19H21N3OS/c1-11(2)19-22-14(10-24-19)9-20-18(23)16-8-13(4)21-17-6-5-12(3)7-15(16)17/h5-8,10-11H,9H2,1-4H3,(H,20,23). The number of carbonyl (C=O) groups excluding carboxylic acids is 1. The molecule has 3 rings (SSSR count). The first-order valence-electron chi connectivity index (χ1n) is 8.04. The van der Waals surface area contributed by atoms with Crippen molar-refractivity contribution in [3.8, 4) is 0 Å². The zero-order valence-electron chi connectivity index (χ0n) is 14.4. The number of carbonyl (C=O) groups is 1. The van der Waals surface area contributed by atoms with E-state index in [2.05, 4.69) is 29.1 Å². The molecule has 0 aliphatic rings. The van der Waals surface area contributed by atoms with Crippen molar-refractivity contribution in [3.63, 3.8) is 0 Å². The molecule has 0 spiro atoms. The summed E-state index contributed by atoms with van der Waals surface area (Å²) in [6.07, 6.45) is 0. The van der Waals surface area contributed by atoms with E-state index in [1.807, 2.05) is 43.5 Å². The summed E-state index contributed by atoms with van der Waals surface area (Å²) >= 11 is 1.64. The zero-order chi connectivity index (χ0) is 17.3. The average Bonchev–Trinajstić information content (AvgIpc) is 3.01. The Bertz CT molecular complexity index is 899. The minimum Gasteiger partial charge on any atom is -0.346 e. The second-order valence-corrected chi connectivity index (χ2v) is 7.24. The second-order valence-electron chi connectivity index (χ2n) is 6.35. The number of benzene rings is 1. The maximum atomic E-state index is 12.7. The molecule has 0 saturated carbocycles. The molecule has 3 aromatic rings. The maximum Gasteiger partial charge on any atom is 0.252 e. The molecule has 0 aliphatic carbocycles. The SMILES string of the molecule is Cc1ccc2nc(C)cc(C(=O)NCc3csc(C(C)C)n3)c2c1. The van der Waals surface area contributed by atoms with E-state index >= 15 is 0 Å². The minimum atomic E-state index is -0.0878. The lowest BCUT2D eigenvalue weighted by Gasteiger charge is -2.09. The molecule has 0 bridgehead atoms. The predicted octanol–water partition coefficient (Wildman–Crippen LogP) is 4.36. The van der Waals surface area contributed by atoms with Crippen LogP contribution in [0.25, 0.3) is 10.9 Å². The summed E-state index contributed by atoms with van der Waals surface area (Å²) in [7, 11) is 0. The van der Waals surface area contributed by atoms with Crippen molar-refractivity contribution in [2.45, 2.75) is 40.2 Å². The summed E-state index contributed by atoms with van der Waals surface area (Å²) < 4.78 is 0. The van der Waals surface area contributed by atoms with Gasteiger partial charge >= 0.3 is 0 Å². The fourth-order valence-corrected chi connectivity index (χ4v) is 3.43. The third-order valence-electron chi connectivity index (χ3n) is 3.83. The molecule has 2 heterocycles. The Morgan fingerprint density at radius 3 is 2.71 bits per heavy atom. The van der Waals surface area contributed by atoms with Crippen LogP contribution in [-0.2, 0) is 6.54 Å². The quantitative estimate of drug-likeness (QED) is 0.768. The van der Waals surface area contributed by atoms with E-state index in [9.17, 15) is 4.79 Å². The number of hydrogen-bond acceptors (Lipinski definition) is 4. The van der Waals surface area contributed by atoms with Gasteiger partial charge in [-0.3, -0.25) is 9.78 Å². The van der Waals surface area contributed by atoms with Crippen LogP contribution in [0.15, 0.2) is 29.6 Å². The highest BCUT2D eigenvalue weighted by atomic mass is 32.1. The molecule has 0 fully saturated rings. The third kappa shape index (κ3) is 3.46. The van der Waals surface area contributed by atoms with E-state index in [-0.39, 0.29) is 5.91 Å². The predicted molar refractivity (Wildman–Crippen MR) is 98.6 cm³/mol. The van der Waals surface area contributed by atoms with Crippen LogP contribution in [-0.4, -0.2) is 15.9 Å². The van der Waals surface area contributed by atoms with E-state index in [4.69, 9.17) is 0 Å². The highest BCUT2D eigenvalue weighted by Gasteiger charge is 2.13. The van der Waals surface area contributed by atoms with Gasteiger partial charge in [0, 0.05) is 22.4 Å². The maximum absolute atomic E-state index is 12.7. The van der Waals surface area contributed by atoms with Crippen molar-refractivity contribution in [2.24, 2.45) is 0 Å². The van der Waals surface area contributed by atoms with Crippen molar-refractivity contribution in [2.75, 3.05) is 0 Å². The van der Waals surface area contributed by atoms with Gasteiger partial charge in [0.15, 0.2) is 0 Å². The number of rotatable bonds is 4. The molecule has 1 N–H and O–H groups in total. The van der Waals surface area contributed by atoms with Gasteiger partial charge in [-0.15, -0.1) is 11.3 Å². The van der Waals surface area contributed by atoms with E-state index in [0.717, 1.165) is 32.9 Å². The molecular weight excluding hydrogens is 318 g/mol. The van der Waals surface area contributed by atoms with Crippen LogP contribution in [0.3, 0.4) is 0 Å². The lowest BCUT2D eigenvalue weighted by molar-refractivity contribution is 0.0952. The fourth-order valence-electron chi connectivity index (χ4n) is 2.59. The van der Waals surface area contributed by atoms with Crippen LogP contribution in [0.2, 0.25) is 0 Å². The topological polar surface area (TPSA) is 54.9 Å². The number of thiazole rings is 1. The molecule has 0 radical (unpaired) electrons. The van der Waals surface area contributed by atoms with E-state index in [0.29, 0.717) is 18.0 Å². The lowest BCUT2D eigenvalue weighted by Crippen LogP contribution is -2.23. The van der Waals surface area contributed by atoms with Gasteiger partial charge in [-0.1, -0.05) is 25.5 Å². The molecule has 4 nitrogen and oxygen atoms in total. The Morgan fingerprint density at radius 1 is 1.21 bits per heavy atom. The van der Waals surface area contributed by atoms with Gasteiger partial charge in [0.2, 0.25) is 0 Å². The van der Waals surface area contributed by atoms with Gasteiger partial charge in [0.25, 0.3) is 5.91 Å². The lowest BCUT2D eigenvalue weighted by atomic mass is 10.0.